The van der Waals surface area contributed by atoms with E-state index < -0.39 is 23.2 Å². The zero-order chi connectivity index (χ0) is 22.2. The second-order valence-electron chi connectivity index (χ2n) is 6.97. The Labute approximate surface area is 183 Å². The van der Waals surface area contributed by atoms with Crippen molar-refractivity contribution in [3.8, 4) is 0 Å². The van der Waals surface area contributed by atoms with Gasteiger partial charge < -0.3 is 4.42 Å². The average Bonchev–Trinajstić information content (AvgIpc) is 3.21. The van der Waals surface area contributed by atoms with Crippen LogP contribution in [0.15, 0.2) is 76.2 Å². The first-order valence-electron chi connectivity index (χ1n) is 9.49. The summed E-state index contributed by atoms with van der Waals surface area (Å²) in [6, 6.07) is 13.6. The summed E-state index contributed by atoms with van der Waals surface area (Å²) in [5, 5.41) is 0.695. The molecule has 0 aliphatic rings. The van der Waals surface area contributed by atoms with Crippen molar-refractivity contribution < 1.29 is 18.0 Å². The summed E-state index contributed by atoms with van der Waals surface area (Å²) in [7, 11) is 0. The summed E-state index contributed by atoms with van der Waals surface area (Å²) in [5.41, 5.74) is -0.0371. The number of hydrogen-bond acceptors (Lipinski definition) is 6. The van der Waals surface area contributed by atoms with Crippen LogP contribution < -0.4 is 10.5 Å². The molecule has 0 spiro atoms. The van der Waals surface area contributed by atoms with E-state index in [2.05, 4.69) is 9.97 Å². The van der Waals surface area contributed by atoms with Crippen molar-refractivity contribution in [2.45, 2.75) is 6.54 Å². The molecule has 0 radical (unpaired) electrons. The van der Waals surface area contributed by atoms with E-state index >= 15 is 0 Å². The Bertz CT molecular complexity index is 1530. The van der Waals surface area contributed by atoms with Crippen molar-refractivity contribution in [2.24, 2.45) is 0 Å². The number of para-hydroxylation sites is 1. The van der Waals surface area contributed by atoms with Crippen molar-refractivity contribution in [2.75, 3.05) is 4.90 Å². The molecule has 6 nitrogen and oxygen atoms in total. The van der Waals surface area contributed by atoms with E-state index in [1.807, 2.05) is 0 Å². The lowest BCUT2D eigenvalue weighted by Crippen LogP contribution is -2.33. The molecule has 1 amide bonds. The van der Waals surface area contributed by atoms with Gasteiger partial charge in [0, 0.05) is 23.8 Å². The monoisotopic (exact) mass is 449 g/mol. The molecule has 9 heteroatoms. The van der Waals surface area contributed by atoms with Crippen LogP contribution in [0.1, 0.15) is 15.9 Å². The van der Waals surface area contributed by atoms with Crippen LogP contribution in [0.25, 0.3) is 21.2 Å². The number of amides is 1. The third kappa shape index (κ3) is 3.63. The molecular formula is C23H13F2N3O3S. The highest BCUT2D eigenvalue weighted by Gasteiger charge is 2.26. The number of fused-ring (bicyclic) bond motifs is 2. The van der Waals surface area contributed by atoms with Crippen LogP contribution in [0.4, 0.5) is 13.9 Å². The maximum Gasteiger partial charge on any atom is 0.349 e. The van der Waals surface area contributed by atoms with E-state index in [0.29, 0.717) is 16.5 Å². The third-order valence-corrected chi connectivity index (χ3v) is 5.84. The number of benzene rings is 2. The molecule has 0 aliphatic heterocycles. The van der Waals surface area contributed by atoms with E-state index in [1.165, 1.54) is 11.0 Å². The number of carbonyl (C=O) groups is 1. The quantitative estimate of drug-likeness (QED) is 0.364. The molecule has 0 saturated heterocycles. The summed E-state index contributed by atoms with van der Waals surface area (Å²) < 4.78 is 33.5. The number of pyridine rings is 1. The Hall–Kier alpha value is -3.98. The van der Waals surface area contributed by atoms with Crippen LogP contribution in [-0.2, 0) is 6.54 Å². The Balaban J connectivity index is 1.65. The number of thiazole rings is 1. The molecule has 2 aromatic carbocycles. The fraction of sp³-hybridized carbons (Fsp3) is 0.0435. The zero-order valence-corrected chi connectivity index (χ0v) is 17.1. The summed E-state index contributed by atoms with van der Waals surface area (Å²) >= 11 is 0.946. The van der Waals surface area contributed by atoms with Gasteiger partial charge in [-0.1, -0.05) is 35.6 Å². The first-order valence-corrected chi connectivity index (χ1v) is 10.3. The minimum absolute atomic E-state index is 0.0167. The van der Waals surface area contributed by atoms with Crippen LogP contribution in [-0.4, -0.2) is 15.9 Å². The molecular weight excluding hydrogens is 436 g/mol. The second-order valence-corrected chi connectivity index (χ2v) is 7.98. The van der Waals surface area contributed by atoms with Crippen LogP contribution in [0.3, 0.4) is 0 Å². The highest BCUT2D eigenvalue weighted by atomic mass is 32.1. The van der Waals surface area contributed by atoms with Gasteiger partial charge in [0.15, 0.2) is 10.9 Å². The lowest BCUT2D eigenvalue weighted by atomic mass is 10.1. The molecule has 5 aromatic rings. The van der Waals surface area contributed by atoms with Gasteiger partial charge in [-0.05, 0) is 29.8 Å². The highest BCUT2D eigenvalue weighted by molar-refractivity contribution is 7.22. The highest BCUT2D eigenvalue weighted by Crippen LogP contribution is 2.32. The lowest BCUT2D eigenvalue weighted by molar-refractivity contribution is 0.0981. The van der Waals surface area contributed by atoms with Crippen molar-refractivity contribution in [1.29, 1.82) is 0 Å². The van der Waals surface area contributed by atoms with E-state index in [0.717, 1.165) is 23.5 Å². The minimum atomic E-state index is -0.832. The maximum atomic E-state index is 14.2. The molecule has 0 saturated carbocycles. The van der Waals surface area contributed by atoms with Gasteiger partial charge in [-0.3, -0.25) is 14.7 Å². The van der Waals surface area contributed by atoms with Gasteiger partial charge >= 0.3 is 5.63 Å². The summed E-state index contributed by atoms with van der Waals surface area (Å²) in [5.74, 6) is -2.25. The number of nitrogens with zero attached hydrogens (tertiary/aromatic N) is 3. The summed E-state index contributed by atoms with van der Waals surface area (Å²) in [4.78, 5) is 35.6. The number of halogens is 2. The maximum absolute atomic E-state index is 14.2. The fourth-order valence-electron chi connectivity index (χ4n) is 3.32. The zero-order valence-electron chi connectivity index (χ0n) is 16.3. The molecule has 3 aromatic heterocycles. The molecule has 0 unspecified atom stereocenters. The molecule has 32 heavy (non-hydrogen) atoms. The first-order chi connectivity index (χ1) is 15.5. The Morgan fingerprint density at radius 1 is 1.09 bits per heavy atom. The van der Waals surface area contributed by atoms with Crippen molar-refractivity contribution in [1.82, 2.24) is 9.97 Å². The Morgan fingerprint density at radius 3 is 2.75 bits per heavy atom. The van der Waals surface area contributed by atoms with Crippen LogP contribution >= 0.6 is 11.3 Å². The molecule has 0 atom stereocenters. The van der Waals surface area contributed by atoms with E-state index in [1.54, 1.807) is 48.8 Å². The van der Waals surface area contributed by atoms with Crippen molar-refractivity contribution in [3.05, 3.63) is 100 Å². The number of hydrogen-bond donors (Lipinski definition) is 0. The third-order valence-electron chi connectivity index (χ3n) is 4.81. The van der Waals surface area contributed by atoms with E-state index in [-0.39, 0.29) is 27.5 Å². The first kappa shape index (κ1) is 20.0. The largest absolute Gasteiger partial charge is 0.422 e. The van der Waals surface area contributed by atoms with Crippen LogP contribution in [0.2, 0.25) is 0 Å². The number of rotatable bonds is 4. The van der Waals surface area contributed by atoms with Gasteiger partial charge in [0.2, 0.25) is 0 Å². The molecule has 3 heterocycles. The summed E-state index contributed by atoms with van der Waals surface area (Å²) in [6.07, 6.45) is 3.15. The van der Waals surface area contributed by atoms with Gasteiger partial charge in [0.1, 0.15) is 22.5 Å². The van der Waals surface area contributed by atoms with Crippen LogP contribution in [0.5, 0.6) is 0 Å². The smallest absolute Gasteiger partial charge is 0.349 e. The number of carbonyl (C=O) groups excluding carboxylic acids is 1. The summed E-state index contributed by atoms with van der Waals surface area (Å²) in [6.45, 7) is 0.0167. The molecule has 0 fully saturated rings. The predicted octanol–water partition coefficient (Wildman–Crippen LogP) is 4.92. The second kappa shape index (κ2) is 7.93. The molecule has 0 bridgehead atoms. The minimum Gasteiger partial charge on any atom is -0.422 e. The average molecular weight is 449 g/mol. The van der Waals surface area contributed by atoms with Gasteiger partial charge in [0.05, 0.1) is 11.2 Å². The van der Waals surface area contributed by atoms with Crippen LogP contribution in [0, 0.1) is 11.6 Å². The SMILES string of the molecule is O=C(c1cc2ccccc2oc1=O)N(Cc1cccnc1)c1nc2c(F)cc(F)cc2s1. The number of anilines is 1. The predicted molar refractivity (Wildman–Crippen MR) is 117 cm³/mol. The Kier molecular flexibility index (Phi) is 4.95. The normalized spacial score (nSPS) is 11.2. The van der Waals surface area contributed by atoms with E-state index in [9.17, 15) is 18.4 Å². The lowest BCUT2D eigenvalue weighted by Gasteiger charge is -2.19. The van der Waals surface area contributed by atoms with Crippen molar-refractivity contribution >= 4 is 43.6 Å². The van der Waals surface area contributed by atoms with Gasteiger partial charge in [-0.25, -0.2) is 18.6 Å². The molecule has 0 aliphatic carbocycles. The van der Waals surface area contributed by atoms with Gasteiger partial charge in [-0.2, -0.15) is 0 Å². The molecule has 5 rings (SSSR count). The molecule has 158 valence electrons. The van der Waals surface area contributed by atoms with Gasteiger partial charge in [-0.15, -0.1) is 0 Å². The van der Waals surface area contributed by atoms with E-state index in [4.69, 9.17) is 4.42 Å². The Morgan fingerprint density at radius 2 is 1.94 bits per heavy atom. The topological polar surface area (TPSA) is 76.3 Å². The standard InChI is InChI=1S/C23H13F2N3O3S/c24-15-9-17(25)20-19(10-15)32-23(27-20)28(12-13-4-3-7-26-11-13)21(29)16-8-14-5-1-2-6-18(14)31-22(16)30/h1-11H,12H2. The van der Waals surface area contributed by atoms with Gasteiger partial charge in [0.25, 0.3) is 5.91 Å². The van der Waals surface area contributed by atoms with Crippen molar-refractivity contribution in [3.63, 3.8) is 0 Å². The number of aromatic nitrogens is 2. The fourth-order valence-corrected chi connectivity index (χ4v) is 4.32. The molecule has 0 N–H and O–H groups in total.